The number of rotatable bonds is 14. The van der Waals surface area contributed by atoms with Gasteiger partial charge in [0, 0.05) is 38.4 Å². The van der Waals surface area contributed by atoms with E-state index in [9.17, 15) is 10.1 Å². The lowest BCUT2D eigenvalue weighted by Gasteiger charge is -2.35. The third kappa shape index (κ3) is 9.62. The van der Waals surface area contributed by atoms with E-state index in [1.54, 1.807) is 30.3 Å². The molecule has 47 heavy (non-hydrogen) atoms. The molecule has 1 N–H and O–H groups in total. The van der Waals surface area contributed by atoms with Gasteiger partial charge in [-0.25, -0.2) is 4.98 Å². The molecule has 1 amide bonds. The molecule has 12 heteroatoms. The van der Waals surface area contributed by atoms with Crippen LogP contribution in [0.15, 0.2) is 72.9 Å². The Labute approximate surface area is 288 Å². The van der Waals surface area contributed by atoms with Crippen molar-refractivity contribution in [3.63, 3.8) is 0 Å². The number of benzene rings is 3. The average molecular weight is 683 g/mol. The van der Waals surface area contributed by atoms with Crippen molar-refractivity contribution in [3.05, 3.63) is 95.6 Å². The van der Waals surface area contributed by atoms with Gasteiger partial charge in [-0.1, -0.05) is 37.6 Å². The lowest BCUT2D eigenvalue weighted by Crippen LogP contribution is -2.50. The van der Waals surface area contributed by atoms with Crippen molar-refractivity contribution in [1.29, 1.82) is 5.26 Å². The van der Waals surface area contributed by atoms with Gasteiger partial charge in [0.1, 0.15) is 41.5 Å². The normalized spacial score (nSPS) is 12.9. The summed E-state index contributed by atoms with van der Waals surface area (Å²) in [5, 5.41) is 18.8. The Hall–Kier alpha value is -4.27. The van der Waals surface area contributed by atoms with Crippen molar-refractivity contribution in [2.75, 3.05) is 44.4 Å². The predicted molar refractivity (Wildman–Crippen MR) is 185 cm³/mol. The van der Waals surface area contributed by atoms with Crippen molar-refractivity contribution >= 4 is 36.4 Å². The van der Waals surface area contributed by atoms with Crippen LogP contribution in [0.5, 0.6) is 23.0 Å². The van der Waals surface area contributed by atoms with Gasteiger partial charge in [0.2, 0.25) is 5.91 Å². The Morgan fingerprint density at radius 2 is 1.74 bits per heavy atom. The SMILES string of the molecule is CCCCOc1ccccc1N1CCN(Cc2cnc(C)n2Cc2ccc(C#N)c(Oc3cccc(OCCO)c3)c2)CC1=O.Cl.Cl. The Morgan fingerprint density at radius 3 is 2.51 bits per heavy atom. The van der Waals surface area contributed by atoms with Crippen LogP contribution in [0.2, 0.25) is 0 Å². The second kappa shape index (κ2) is 18.2. The van der Waals surface area contributed by atoms with E-state index in [2.05, 4.69) is 27.4 Å². The summed E-state index contributed by atoms with van der Waals surface area (Å²) in [6.45, 7) is 7.50. The second-order valence-corrected chi connectivity index (χ2v) is 10.9. The fraction of sp³-hybridized carbons (Fsp3) is 0.343. The quantitative estimate of drug-likeness (QED) is 0.158. The first-order chi connectivity index (χ1) is 22.0. The van der Waals surface area contributed by atoms with Crippen LogP contribution >= 0.6 is 24.8 Å². The third-order valence-corrected chi connectivity index (χ3v) is 7.64. The summed E-state index contributed by atoms with van der Waals surface area (Å²) < 4.78 is 19.7. The molecule has 0 aliphatic carbocycles. The van der Waals surface area contributed by atoms with Crippen molar-refractivity contribution < 1.29 is 24.1 Å². The third-order valence-electron chi connectivity index (χ3n) is 7.64. The van der Waals surface area contributed by atoms with E-state index in [-0.39, 0.29) is 43.9 Å². The molecular weight excluding hydrogens is 641 g/mol. The van der Waals surface area contributed by atoms with Gasteiger partial charge in [-0.15, -0.1) is 24.8 Å². The van der Waals surface area contributed by atoms with Crippen LogP contribution < -0.4 is 19.1 Å². The highest BCUT2D eigenvalue weighted by atomic mass is 35.5. The molecule has 4 aromatic rings. The van der Waals surface area contributed by atoms with E-state index in [0.29, 0.717) is 55.6 Å². The van der Waals surface area contributed by atoms with E-state index < -0.39 is 0 Å². The number of ether oxygens (including phenoxy) is 3. The van der Waals surface area contributed by atoms with Gasteiger partial charge in [-0.3, -0.25) is 9.69 Å². The largest absolute Gasteiger partial charge is 0.491 e. The van der Waals surface area contributed by atoms with Gasteiger partial charge in [0.15, 0.2) is 0 Å². The lowest BCUT2D eigenvalue weighted by atomic mass is 10.1. The minimum atomic E-state index is -0.0863. The molecular formula is C35H41Cl2N5O5. The molecule has 5 rings (SSSR count). The number of hydrogen-bond acceptors (Lipinski definition) is 8. The van der Waals surface area contributed by atoms with Gasteiger partial charge >= 0.3 is 0 Å². The molecule has 0 radical (unpaired) electrons. The molecule has 3 aromatic carbocycles. The summed E-state index contributed by atoms with van der Waals surface area (Å²) in [6.07, 6.45) is 3.88. The molecule has 1 fully saturated rings. The number of para-hydroxylation sites is 2. The first-order valence-electron chi connectivity index (χ1n) is 15.3. The second-order valence-electron chi connectivity index (χ2n) is 10.9. The van der Waals surface area contributed by atoms with E-state index >= 15 is 0 Å². The highest BCUT2D eigenvalue weighted by Gasteiger charge is 2.28. The minimum absolute atomic E-state index is 0. The van der Waals surface area contributed by atoms with Crippen LogP contribution in [0.25, 0.3) is 0 Å². The lowest BCUT2D eigenvalue weighted by molar-refractivity contribution is -0.121. The van der Waals surface area contributed by atoms with Crippen molar-refractivity contribution in [2.24, 2.45) is 0 Å². The molecule has 0 saturated carbocycles. The molecule has 1 aromatic heterocycles. The van der Waals surface area contributed by atoms with E-state index in [4.69, 9.17) is 19.3 Å². The monoisotopic (exact) mass is 681 g/mol. The number of amides is 1. The first kappa shape index (κ1) is 37.2. The number of carbonyl (C=O) groups is 1. The number of halogens is 2. The number of aromatic nitrogens is 2. The zero-order valence-corrected chi connectivity index (χ0v) is 28.3. The van der Waals surface area contributed by atoms with E-state index in [1.807, 2.05) is 54.4 Å². The van der Waals surface area contributed by atoms with Crippen LogP contribution in [0.3, 0.4) is 0 Å². The van der Waals surface area contributed by atoms with Crippen LogP contribution in [0, 0.1) is 18.3 Å². The maximum absolute atomic E-state index is 13.3. The molecule has 250 valence electrons. The standard InChI is InChI=1S/C35H39N5O5.2ClH/c1-3-4-17-44-33-11-6-5-10-32(33)39-15-14-38(25-35(39)42)24-29-22-37-26(2)40(29)23-27-12-13-28(21-36)34(19-27)45-31-9-7-8-30(20-31)43-18-16-41;;/h5-13,19-20,22,41H,3-4,14-18,23-25H2,1-2H3;2*1H. The fourth-order valence-electron chi connectivity index (χ4n) is 5.27. The van der Waals surface area contributed by atoms with Crippen LogP contribution in [-0.2, 0) is 17.9 Å². The summed E-state index contributed by atoms with van der Waals surface area (Å²) in [4.78, 5) is 21.9. The number of carbonyl (C=O) groups excluding carboxylic acids is 1. The number of unbranched alkanes of at least 4 members (excludes halogenated alkanes) is 1. The maximum atomic E-state index is 13.3. The summed E-state index contributed by atoms with van der Waals surface area (Å²) >= 11 is 0. The van der Waals surface area contributed by atoms with Crippen molar-refractivity contribution in [3.8, 4) is 29.1 Å². The Balaban J connectivity index is 0.00000300. The van der Waals surface area contributed by atoms with Crippen LogP contribution in [-0.4, -0.2) is 64.9 Å². The van der Waals surface area contributed by atoms with Crippen LogP contribution in [0.4, 0.5) is 5.69 Å². The van der Waals surface area contributed by atoms with Crippen molar-refractivity contribution in [2.45, 2.75) is 39.8 Å². The number of aliphatic hydroxyl groups is 1. The van der Waals surface area contributed by atoms with Gasteiger partial charge in [0.05, 0.1) is 36.7 Å². The number of anilines is 1. The first-order valence-corrected chi connectivity index (χ1v) is 15.3. The van der Waals surface area contributed by atoms with Gasteiger partial charge in [0.25, 0.3) is 0 Å². The van der Waals surface area contributed by atoms with Gasteiger partial charge in [-0.05, 0) is 55.3 Å². The molecule has 1 aliphatic heterocycles. The van der Waals surface area contributed by atoms with Gasteiger partial charge in [-0.2, -0.15) is 5.26 Å². The number of hydrogen-bond donors (Lipinski definition) is 1. The van der Waals surface area contributed by atoms with Crippen molar-refractivity contribution in [1.82, 2.24) is 14.5 Å². The minimum Gasteiger partial charge on any atom is -0.491 e. The molecule has 0 atom stereocenters. The molecule has 0 unspecified atom stereocenters. The summed E-state index contributed by atoms with van der Waals surface area (Å²) in [6, 6.07) is 22.6. The fourth-order valence-corrected chi connectivity index (χ4v) is 5.27. The number of aryl methyl sites for hydroxylation is 1. The maximum Gasteiger partial charge on any atom is 0.241 e. The van der Waals surface area contributed by atoms with Gasteiger partial charge < -0.3 is 28.8 Å². The molecule has 1 saturated heterocycles. The Morgan fingerprint density at radius 1 is 0.936 bits per heavy atom. The molecule has 10 nitrogen and oxygen atoms in total. The van der Waals surface area contributed by atoms with E-state index in [0.717, 1.165) is 47.9 Å². The number of nitriles is 1. The highest BCUT2D eigenvalue weighted by Crippen LogP contribution is 2.31. The Kier molecular flexibility index (Phi) is 14.4. The summed E-state index contributed by atoms with van der Waals surface area (Å²) in [7, 11) is 0. The zero-order chi connectivity index (χ0) is 31.6. The molecule has 1 aliphatic rings. The Bertz CT molecular complexity index is 1660. The summed E-state index contributed by atoms with van der Waals surface area (Å²) in [5.74, 6) is 3.17. The number of nitrogens with zero attached hydrogens (tertiary/aromatic N) is 5. The predicted octanol–water partition coefficient (Wildman–Crippen LogP) is 6.15. The number of piperazine rings is 1. The zero-order valence-electron chi connectivity index (χ0n) is 26.6. The van der Waals surface area contributed by atoms with E-state index in [1.165, 1.54) is 0 Å². The topological polar surface area (TPSA) is 113 Å². The molecule has 0 bridgehead atoms. The number of imidazole rings is 1. The smallest absolute Gasteiger partial charge is 0.241 e. The molecule has 2 heterocycles. The van der Waals surface area contributed by atoms with Crippen LogP contribution in [0.1, 0.15) is 42.4 Å². The highest BCUT2D eigenvalue weighted by molar-refractivity contribution is 5.96. The summed E-state index contributed by atoms with van der Waals surface area (Å²) in [5.41, 5.74) is 3.18. The molecule has 0 spiro atoms. The number of aliphatic hydroxyl groups excluding tert-OH is 1. The average Bonchev–Trinajstić information content (AvgIpc) is 3.38.